The molecule has 0 saturated heterocycles. The fourth-order valence-corrected chi connectivity index (χ4v) is 1.99. The standard InChI is InChI=1S/C15H22O2/c1-4-14(12(3)17)9-13-5-7-15(8-6-13)11(2)10-16/h5-8,10-12,14,17H,4,9H2,1-3H3. The topological polar surface area (TPSA) is 37.3 Å². The first-order chi connectivity index (χ1) is 8.08. The van der Waals surface area contributed by atoms with Gasteiger partial charge >= 0.3 is 0 Å². The summed E-state index contributed by atoms with van der Waals surface area (Å²) in [6, 6.07) is 8.12. The fraction of sp³-hybridized carbons (Fsp3) is 0.533. The van der Waals surface area contributed by atoms with E-state index in [1.54, 1.807) is 0 Å². The van der Waals surface area contributed by atoms with E-state index in [9.17, 15) is 9.90 Å². The SMILES string of the molecule is CCC(Cc1ccc(C(C)C=O)cc1)C(C)O. The van der Waals surface area contributed by atoms with E-state index in [1.807, 2.05) is 26.0 Å². The van der Waals surface area contributed by atoms with Gasteiger partial charge in [-0.15, -0.1) is 0 Å². The van der Waals surface area contributed by atoms with E-state index in [1.165, 1.54) is 5.56 Å². The molecule has 0 bridgehead atoms. The van der Waals surface area contributed by atoms with Crippen LogP contribution in [0.25, 0.3) is 0 Å². The largest absolute Gasteiger partial charge is 0.393 e. The van der Waals surface area contributed by atoms with Crippen LogP contribution in [0.1, 0.15) is 44.2 Å². The number of hydrogen-bond acceptors (Lipinski definition) is 2. The molecule has 94 valence electrons. The van der Waals surface area contributed by atoms with Crippen LogP contribution < -0.4 is 0 Å². The minimum atomic E-state index is -0.270. The lowest BCUT2D eigenvalue weighted by molar-refractivity contribution is -0.108. The molecule has 3 atom stereocenters. The highest BCUT2D eigenvalue weighted by Crippen LogP contribution is 2.19. The van der Waals surface area contributed by atoms with Crippen LogP contribution in [-0.2, 0) is 11.2 Å². The predicted molar refractivity (Wildman–Crippen MR) is 70.1 cm³/mol. The lowest BCUT2D eigenvalue weighted by Gasteiger charge is -2.18. The molecule has 1 rings (SSSR count). The van der Waals surface area contributed by atoms with Gasteiger partial charge in [-0.3, -0.25) is 0 Å². The van der Waals surface area contributed by atoms with Gasteiger partial charge in [0.2, 0.25) is 0 Å². The maximum Gasteiger partial charge on any atom is 0.127 e. The summed E-state index contributed by atoms with van der Waals surface area (Å²) in [6.45, 7) is 5.84. The molecule has 0 saturated carbocycles. The molecule has 0 fully saturated rings. The van der Waals surface area contributed by atoms with E-state index >= 15 is 0 Å². The Labute approximate surface area is 104 Å². The highest BCUT2D eigenvalue weighted by Gasteiger charge is 2.13. The number of carbonyl (C=O) groups excluding carboxylic acids is 1. The Morgan fingerprint density at radius 2 is 1.82 bits per heavy atom. The van der Waals surface area contributed by atoms with Crippen LogP contribution in [0, 0.1) is 5.92 Å². The first-order valence-corrected chi connectivity index (χ1v) is 6.30. The second kappa shape index (κ2) is 6.55. The molecule has 1 N–H and O–H groups in total. The molecular weight excluding hydrogens is 212 g/mol. The highest BCUT2D eigenvalue weighted by atomic mass is 16.3. The van der Waals surface area contributed by atoms with Gasteiger partial charge in [0, 0.05) is 5.92 Å². The molecule has 1 aromatic carbocycles. The first kappa shape index (κ1) is 13.9. The van der Waals surface area contributed by atoms with Crippen molar-refractivity contribution >= 4 is 6.29 Å². The number of aldehydes is 1. The maximum absolute atomic E-state index is 10.7. The van der Waals surface area contributed by atoms with Crippen molar-refractivity contribution in [2.75, 3.05) is 0 Å². The Balaban J connectivity index is 2.70. The second-order valence-electron chi connectivity index (χ2n) is 4.78. The van der Waals surface area contributed by atoms with Crippen molar-refractivity contribution in [1.29, 1.82) is 0 Å². The average molecular weight is 234 g/mol. The van der Waals surface area contributed by atoms with Crippen molar-refractivity contribution in [3.63, 3.8) is 0 Å². The molecule has 0 heterocycles. The van der Waals surface area contributed by atoms with Gasteiger partial charge < -0.3 is 9.90 Å². The summed E-state index contributed by atoms with van der Waals surface area (Å²) in [5.41, 5.74) is 2.27. The lowest BCUT2D eigenvalue weighted by atomic mass is 9.91. The summed E-state index contributed by atoms with van der Waals surface area (Å²) < 4.78 is 0. The molecular formula is C15H22O2. The monoisotopic (exact) mass is 234 g/mol. The van der Waals surface area contributed by atoms with Crippen molar-refractivity contribution in [1.82, 2.24) is 0 Å². The number of carbonyl (C=O) groups is 1. The summed E-state index contributed by atoms with van der Waals surface area (Å²) in [7, 11) is 0. The molecule has 0 amide bonds. The van der Waals surface area contributed by atoms with E-state index in [0.29, 0.717) is 5.92 Å². The minimum Gasteiger partial charge on any atom is -0.393 e. The molecule has 2 heteroatoms. The summed E-state index contributed by atoms with van der Waals surface area (Å²) in [5, 5.41) is 9.61. The van der Waals surface area contributed by atoms with Gasteiger partial charge in [-0.25, -0.2) is 0 Å². The maximum atomic E-state index is 10.7. The third-order valence-electron chi connectivity index (χ3n) is 3.41. The number of aliphatic hydroxyl groups excluding tert-OH is 1. The van der Waals surface area contributed by atoms with Gasteiger partial charge in [0.25, 0.3) is 0 Å². The minimum absolute atomic E-state index is 0.0391. The highest BCUT2D eigenvalue weighted by molar-refractivity contribution is 5.61. The fourth-order valence-electron chi connectivity index (χ4n) is 1.99. The van der Waals surface area contributed by atoms with Gasteiger partial charge in [0.1, 0.15) is 6.29 Å². The summed E-state index contributed by atoms with van der Waals surface area (Å²) in [5.74, 6) is 0.270. The van der Waals surface area contributed by atoms with Crippen LogP contribution in [0.5, 0.6) is 0 Å². The van der Waals surface area contributed by atoms with Gasteiger partial charge in [0.15, 0.2) is 0 Å². The Hall–Kier alpha value is -1.15. The molecule has 1 aromatic rings. The van der Waals surface area contributed by atoms with Crippen LogP contribution in [-0.4, -0.2) is 17.5 Å². The second-order valence-corrected chi connectivity index (χ2v) is 4.78. The normalized spacial score (nSPS) is 16.2. The molecule has 2 nitrogen and oxygen atoms in total. The third-order valence-corrected chi connectivity index (χ3v) is 3.41. The third kappa shape index (κ3) is 3.97. The number of rotatable bonds is 6. The van der Waals surface area contributed by atoms with E-state index < -0.39 is 0 Å². The summed E-state index contributed by atoms with van der Waals surface area (Å²) in [6.07, 6.45) is 2.56. The van der Waals surface area contributed by atoms with Crippen molar-refractivity contribution in [2.24, 2.45) is 5.92 Å². The van der Waals surface area contributed by atoms with E-state index in [2.05, 4.69) is 19.1 Å². The zero-order valence-electron chi connectivity index (χ0n) is 10.9. The Morgan fingerprint density at radius 3 is 2.24 bits per heavy atom. The summed E-state index contributed by atoms with van der Waals surface area (Å²) in [4.78, 5) is 10.7. The molecule has 0 radical (unpaired) electrons. The van der Waals surface area contributed by atoms with Gasteiger partial charge in [-0.1, -0.05) is 44.5 Å². The lowest BCUT2D eigenvalue weighted by Crippen LogP contribution is -2.18. The predicted octanol–water partition coefficient (Wildman–Crippen LogP) is 2.94. The van der Waals surface area contributed by atoms with Crippen molar-refractivity contribution in [3.05, 3.63) is 35.4 Å². The van der Waals surface area contributed by atoms with E-state index in [-0.39, 0.29) is 12.0 Å². The quantitative estimate of drug-likeness (QED) is 0.768. The molecule has 0 spiro atoms. The smallest absolute Gasteiger partial charge is 0.127 e. The Bertz CT molecular complexity index is 340. The summed E-state index contributed by atoms with van der Waals surface area (Å²) >= 11 is 0. The van der Waals surface area contributed by atoms with Crippen LogP contribution >= 0.6 is 0 Å². The van der Waals surface area contributed by atoms with Crippen molar-refractivity contribution < 1.29 is 9.90 Å². The van der Waals surface area contributed by atoms with Gasteiger partial charge in [-0.2, -0.15) is 0 Å². The molecule has 0 aliphatic carbocycles. The number of aliphatic hydroxyl groups is 1. The van der Waals surface area contributed by atoms with Crippen molar-refractivity contribution in [2.45, 2.75) is 45.6 Å². The van der Waals surface area contributed by atoms with E-state index in [4.69, 9.17) is 0 Å². The van der Waals surface area contributed by atoms with Crippen LogP contribution in [0.4, 0.5) is 0 Å². The number of benzene rings is 1. The molecule has 17 heavy (non-hydrogen) atoms. The van der Waals surface area contributed by atoms with Crippen LogP contribution in [0.3, 0.4) is 0 Å². The van der Waals surface area contributed by atoms with Crippen LogP contribution in [0.2, 0.25) is 0 Å². The molecule has 0 aromatic heterocycles. The molecule has 0 aliphatic rings. The molecule has 3 unspecified atom stereocenters. The Kier molecular flexibility index (Phi) is 5.36. The Morgan fingerprint density at radius 1 is 1.24 bits per heavy atom. The van der Waals surface area contributed by atoms with Gasteiger partial charge in [0.05, 0.1) is 6.10 Å². The zero-order valence-corrected chi connectivity index (χ0v) is 10.9. The number of hydrogen-bond donors (Lipinski definition) is 1. The zero-order chi connectivity index (χ0) is 12.8. The first-order valence-electron chi connectivity index (χ1n) is 6.30. The van der Waals surface area contributed by atoms with Crippen molar-refractivity contribution in [3.8, 4) is 0 Å². The van der Waals surface area contributed by atoms with E-state index in [0.717, 1.165) is 24.7 Å². The van der Waals surface area contributed by atoms with Crippen LogP contribution in [0.15, 0.2) is 24.3 Å². The average Bonchev–Trinajstić information content (AvgIpc) is 2.35. The van der Waals surface area contributed by atoms with Gasteiger partial charge in [-0.05, 0) is 30.4 Å². The molecule has 0 aliphatic heterocycles.